The maximum atomic E-state index is 13.2. The van der Waals surface area contributed by atoms with E-state index >= 15 is 0 Å². The lowest BCUT2D eigenvalue weighted by atomic mass is 10.1. The van der Waals surface area contributed by atoms with Crippen LogP contribution in [0.1, 0.15) is 5.69 Å². The lowest BCUT2D eigenvalue weighted by Gasteiger charge is -2.03. The molecule has 0 radical (unpaired) electrons. The monoisotopic (exact) mass is 231 g/mol. The molecule has 0 aliphatic carbocycles. The van der Waals surface area contributed by atoms with Gasteiger partial charge < -0.3 is 5.11 Å². The standard InChI is InChI=1S/C12H10FN3O/c1-6-10-8-4-3-7(13)5-9(8)12(17)14-11(10)16(2)15-6/h3-5H,1-2H3,(H,14,17). The Labute approximate surface area is 96.3 Å². The summed E-state index contributed by atoms with van der Waals surface area (Å²) in [4.78, 5) is 4.05. The van der Waals surface area contributed by atoms with Gasteiger partial charge in [-0.3, -0.25) is 4.68 Å². The summed E-state index contributed by atoms with van der Waals surface area (Å²) in [5, 5.41) is 16.1. The molecule has 0 saturated heterocycles. The number of nitrogens with zero attached hydrogens (tertiary/aromatic N) is 3. The summed E-state index contributed by atoms with van der Waals surface area (Å²) in [7, 11) is 1.76. The third-order valence-corrected chi connectivity index (χ3v) is 2.90. The summed E-state index contributed by atoms with van der Waals surface area (Å²) in [6.07, 6.45) is 0. The van der Waals surface area contributed by atoms with Gasteiger partial charge in [0.1, 0.15) is 5.82 Å². The number of aromatic nitrogens is 3. The largest absolute Gasteiger partial charge is 0.493 e. The predicted octanol–water partition coefficient (Wildman–Crippen LogP) is 2.27. The zero-order valence-corrected chi connectivity index (χ0v) is 9.40. The fourth-order valence-corrected chi connectivity index (χ4v) is 2.17. The van der Waals surface area contributed by atoms with Gasteiger partial charge in [0.2, 0.25) is 5.88 Å². The van der Waals surface area contributed by atoms with E-state index in [1.807, 2.05) is 6.92 Å². The van der Waals surface area contributed by atoms with Crippen LogP contribution in [0.3, 0.4) is 0 Å². The Morgan fingerprint density at radius 1 is 1.29 bits per heavy atom. The lowest BCUT2D eigenvalue weighted by Crippen LogP contribution is -1.92. The minimum Gasteiger partial charge on any atom is -0.493 e. The van der Waals surface area contributed by atoms with Crippen LogP contribution < -0.4 is 0 Å². The van der Waals surface area contributed by atoms with Gasteiger partial charge in [-0.2, -0.15) is 10.1 Å². The molecule has 0 amide bonds. The Hall–Kier alpha value is -2.17. The van der Waals surface area contributed by atoms with Crippen molar-refractivity contribution < 1.29 is 9.50 Å². The first kappa shape index (κ1) is 10.0. The van der Waals surface area contributed by atoms with Crippen LogP contribution in [-0.4, -0.2) is 19.9 Å². The Morgan fingerprint density at radius 2 is 2.06 bits per heavy atom. The average molecular weight is 231 g/mol. The van der Waals surface area contributed by atoms with Gasteiger partial charge in [0.15, 0.2) is 5.65 Å². The Bertz CT molecular complexity index is 748. The summed E-state index contributed by atoms with van der Waals surface area (Å²) in [6, 6.07) is 4.29. The molecule has 3 aromatic rings. The summed E-state index contributed by atoms with van der Waals surface area (Å²) in [6.45, 7) is 1.86. The Morgan fingerprint density at radius 3 is 2.82 bits per heavy atom. The first-order valence-electron chi connectivity index (χ1n) is 5.19. The first-order chi connectivity index (χ1) is 8.08. The third kappa shape index (κ3) is 1.28. The smallest absolute Gasteiger partial charge is 0.221 e. The van der Waals surface area contributed by atoms with Crippen molar-refractivity contribution in [2.45, 2.75) is 6.92 Å². The zero-order chi connectivity index (χ0) is 12.2. The van der Waals surface area contributed by atoms with E-state index in [4.69, 9.17) is 0 Å². The predicted molar refractivity (Wildman–Crippen MR) is 62.4 cm³/mol. The van der Waals surface area contributed by atoms with Crippen LogP contribution in [0.4, 0.5) is 4.39 Å². The fraction of sp³-hybridized carbons (Fsp3) is 0.167. The maximum absolute atomic E-state index is 13.2. The van der Waals surface area contributed by atoms with Gasteiger partial charge in [-0.05, 0) is 19.1 Å². The molecule has 3 rings (SSSR count). The van der Waals surface area contributed by atoms with Gasteiger partial charge in [0.25, 0.3) is 0 Å². The molecule has 0 spiro atoms. The summed E-state index contributed by atoms with van der Waals surface area (Å²) in [5.41, 5.74) is 1.41. The molecule has 0 aliphatic heterocycles. The van der Waals surface area contributed by atoms with Crippen LogP contribution in [0.2, 0.25) is 0 Å². The van der Waals surface area contributed by atoms with Crippen molar-refractivity contribution in [2.24, 2.45) is 7.05 Å². The van der Waals surface area contributed by atoms with E-state index in [0.717, 1.165) is 16.5 Å². The second-order valence-corrected chi connectivity index (χ2v) is 4.03. The highest BCUT2D eigenvalue weighted by Crippen LogP contribution is 2.31. The molecule has 17 heavy (non-hydrogen) atoms. The number of fused-ring (bicyclic) bond motifs is 3. The molecule has 86 valence electrons. The number of pyridine rings is 1. The highest BCUT2D eigenvalue weighted by atomic mass is 19.1. The molecule has 0 saturated carbocycles. The second kappa shape index (κ2) is 3.16. The Balaban J connectivity index is 2.63. The van der Waals surface area contributed by atoms with Crippen LogP contribution in [0, 0.1) is 12.7 Å². The normalized spacial score (nSPS) is 11.5. The molecular weight excluding hydrogens is 221 g/mol. The summed E-state index contributed by atoms with van der Waals surface area (Å²) >= 11 is 0. The van der Waals surface area contributed by atoms with E-state index in [9.17, 15) is 9.50 Å². The van der Waals surface area contributed by atoms with E-state index in [0.29, 0.717) is 11.0 Å². The van der Waals surface area contributed by atoms with E-state index < -0.39 is 5.82 Å². The third-order valence-electron chi connectivity index (χ3n) is 2.90. The minimum atomic E-state index is -0.393. The molecule has 2 aromatic heterocycles. The van der Waals surface area contributed by atoms with Crippen molar-refractivity contribution in [1.82, 2.24) is 14.8 Å². The van der Waals surface area contributed by atoms with Crippen LogP contribution >= 0.6 is 0 Å². The van der Waals surface area contributed by atoms with Crippen LogP contribution in [-0.2, 0) is 7.05 Å². The number of halogens is 1. The maximum Gasteiger partial charge on any atom is 0.221 e. The number of hydrogen-bond acceptors (Lipinski definition) is 3. The number of aryl methyl sites for hydroxylation is 2. The number of rotatable bonds is 0. The van der Waals surface area contributed by atoms with Crippen LogP contribution in [0.5, 0.6) is 5.88 Å². The van der Waals surface area contributed by atoms with Gasteiger partial charge >= 0.3 is 0 Å². The van der Waals surface area contributed by atoms with E-state index in [1.165, 1.54) is 12.1 Å². The molecule has 4 nitrogen and oxygen atoms in total. The molecule has 0 fully saturated rings. The van der Waals surface area contributed by atoms with Gasteiger partial charge in [0.05, 0.1) is 11.1 Å². The first-order valence-corrected chi connectivity index (χ1v) is 5.19. The van der Waals surface area contributed by atoms with Crippen molar-refractivity contribution in [3.63, 3.8) is 0 Å². The van der Waals surface area contributed by atoms with Gasteiger partial charge in [0, 0.05) is 17.8 Å². The van der Waals surface area contributed by atoms with Gasteiger partial charge in [-0.25, -0.2) is 4.39 Å². The molecule has 0 aliphatic rings. The quantitative estimate of drug-likeness (QED) is 0.645. The molecule has 0 bridgehead atoms. The van der Waals surface area contributed by atoms with Crippen LogP contribution in [0.15, 0.2) is 18.2 Å². The van der Waals surface area contributed by atoms with E-state index in [-0.39, 0.29) is 5.88 Å². The van der Waals surface area contributed by atoms with E-state index in [2.05, 4.69) is 10.1 Å². The molecule has 1 aromatic carbocycles. The van der Waals surface area contributed by atoms with Gasteiger partial charge in [-0.15, -0.1) is 0 Å². The van der Waals surface area contributed by atoms with Crippen molar-refractivity contribution in [3.8, 4) is 5.88 Å². The van der Waals surface area contributed by atoms with Crippen molar-refractivity contribution in [3.05, 3.63) is 29.7 Å². The average Bonchev–Trinajstić information content (AvgIpc) is 2.55. The Kier molecular flexibility index (Phi) is 1.86. The van der Waals surface area contributed by atoms with Crippen molar-refractivity contribution in [1.29, 1.82) is 0 Å². The molecule has 0 atom stereocenters. The molecule has 0 unspecified atom stereocenters. The fourth-order valence-electron chi connectivity index (χ4n) is 2.17. The highest BCUT2D eigenvalue weighted by molar-refractivity contribution is 6.07. The second-order valence-electron chi connectivity index (χ2n) is 4.03. The summed E-state index contributed by atoms with van der Waals surface area (Å²) in [5.74, 6) is -0.564. The summed E-state index contributed by atoms with van der Waals surface area (Å²) < 4.78 is 14.8. The van der Waals surface area contributed by atoms with E-state index in [1.54, 1.807) is 17.8 Å². The minimum absolute atomic E-state index is 0.171. The number of aromatic hydroxyl groups is 1. The van der Waals surface area contributed by atoms with Gasteiger partial charge in [-0.1, -0.05) is 6.07 Å². The molecule has 2 heterocycles. The molecular formula is C12H10FN3O. The molecule has 5 heteroatoms. The molecule has 1 N–H and O–H groups in total. The van der Waals surface area contributed by atoms with Crippen LogP contribution in [0.25, 0.3) is 21.8 Å². The number of benzene rings is 1. The van der Waals surface area contributed by atoms with Crippen molar-refractivity contribution in [2.75, 3.05) is 0 Å². The number of hydrogen-bond donors (Lipinski definition) is 1. The van der Waals surface area contributed by atoms with Crippen molar-refractivity contribution >= 4 is 21.8 Å². The highest BCUT2D eigenvalue weighted by Gasteiger charge is 2.14. The lowest BCUT2D eigenvalue weighted by molar-refractivity contribution is 0.461. The zero-order valence-electron chi connectivity index (χ0n) is 9.40. The topological polar surface area (TPSA) is 50.9 Å². The SMILES string of the molecule is Cc1nn(C)c2nc(O)c3cc(F)ccc3c12.